The predicted molar refractivity (Wildman–Crippen MR) is 118 cm³/mol. The van der Waals surface area contributed by atoms with Gasteiger partial charge in [-0.3, -0.25) is 4.79 Å². The summed E-state index contributed by atoms with van der Waals surface area (Å²) in [5.74, 6) is -0.358. The monoisotopic (exact) mass is 479 g/mol. The third kappa shape index (κ3) is 6.64. The zero-order valence-corrected chi connectivity index (χ0v) is 18.7. The summed E-state index contributed by atoms with van der Waals surface area (Å²) in [4.78, 5) is 14.4. The highest BCUT2D eigenvalue weighted by Gasteiger charge is 2.26. The van der Waals surface area contributed by atoms with Gasteiger partial charge in [0.25, 0.3) is 5.91 Å². The van der Waals surface area contributed by atoms with Crippen LogP contribution in [-0.4, -0.2) is 68.6 Å². The fourth-order valence-electron chi connectivity index (χ4n) is 3.32. The van der Waals surface area contributed by atoms with E-state index in [-0.39, 0.29) is 18.2 Å². The number of nitrogens with zero attached hydrogens (tertiary/aromatic N) is 2. The predicted octanol–water partition coefficient (Wildman–Crippen LogP) is 2.37. The lowest BCUT2D eigenvalue weighted by atomic mass is 10.1. The molecule has 3 rings (SSSR count). The molecule has 0 unspecified atom stereocenters. The minimum atomic E-state index is -3.38. The summed E-state index contributed by atoms with van der Waals surface area (Å²) in [6.07, 6.45) is 0.967. The van der Waals surface area contributed by atoms with Crippen LogP contribution in [0.1, 0.15) is 15.9 Å². The lowest BCUT2D eigenvalue weighted by molar-refractivity contribution is 0.0956. The van der Waals surface area contributed by atoms with Crippen LogP contribution >= 0.6 is 15.9 Å². The maximum Gasteiger partial charge on any atom is 0.251 e. The summed E-state index contributed by atoms with van der Waals surface area (Å²) < 4.78 is 27.5. The van der Waals surface area contributed by atoms with Gasteiger partial charge in [0.1, 0.15) is 0 Å². The number of carbonyl (C=O) groups excluding carboxylic acids is 1. The van der Waals surface area contributed by atoms with Gasteiger partial charge in [0.05, 0.1) is 5.75 Å². The Morgan fingerprint density at radius 3 is 2.41 bits per heavy atom. The molecule has 0 spiro atoms. The van der Waals surface area contributed by atoms with Gasteiger partial charge in [-0.05, 0) is 30.2 Å². The SMILES string of the molecule is O=C(NCCS(=O)(=O)N1CCN(CCc2ccccc2)CC1)c1cccc(Br)c1. The van der Waals surface area contributed by atoms with Gasteiger partial charge in [-0.1, -0.05) is 52.3 Å². The first-order valence-corrected chi connectivity index (χ1v) is 12.1. The smallest absolute Gasteiger partial charge is 0.251 e. The summed E-state index contributed by atoms with van der Waals surface area (Å²) in [7, 11) is -3.38. The molecule has 0 saturated carbocycles. The fraction of sp³-hybridized carbons (Fsp3) is 0.381. The number of nitrogens with one attached hydrogen (secondary N) is 1. The Labute approximate surface area is 181 Å². The molecule has 0 aliphatic carbocycles. The number of halogens is 1. The van der Waals surface area contributed by atoms with Crippen LogP contribution in [0.5, 0.6) is 0 Å². The maximum absolute atomic E-state index is 12.6. The van der Waals surface area contributed by atoms with Crippen molar-refractivity contribution in [2.45, 2.75) is 6.42 Å². The molecule has 156 valence electrons. The molecule has 8 heteroatoms. The highest BCUT2D eigenvalue weighted by atomic mass is 79.9. The standard InChI is InChI=1S/C21H26BrN3O3S/c22-20-8-4-7-19(17-20)21(26)23-10-16-29(27,28)25-14-12-24(13-15-25)11-9-18-5-2-1-3-6-18/h1-8,17H,9-16H2,(H,23,26). The van der Waals surface area contributed by atoms with Crippen LogP contribution in [0.3, 0.4) is 0 Å². The minimum Gasteiger partial charge on any atom is -0.351 e. The first kappa shape index (κ1) is 22.0. The molecular formula is C21H26BrN3O3S. The van der Waals surface area contributed by atoms with Crippen LogP contribution in [-0.2, 0) is 16.4 Å². The second-order valence-electron chi connectivity index (χ2n) is 7.06. The molecule has 1 aliphatic heterocycles. The highest BCUT2D eigenvalue weighted by Crippen LogP contribution is 2.12. The molecule has 1 aliphatic rings. The third-order valence-electron chi connectivity index (χ3n) is 5.02. The number of rotatable bonds is 8. The topological polar surface area (TPSA) is 69.7 Å². The molecule has 0 bridgehead atoms. The van der Waals surface area contributed by atoms with Gasteiger partial charge in [-0.25, -0.2) is 8.42 Å². The van der Waals surface area contributed by atoms with Gasteiger partial charge in [-0.2, -0.15) is 4.31 Å². The Hall–Kier alpha value is -1.74. The van der Waals surface area contributed by atoms with E-state index in [0.717, 1.165) is 30.5 Å². The molecule has 1 saturated heterocycles. The van der Waals surface area contributed by atoms with Gasteiger partial charge in [0, 0.05) is 49.3 Å². The van der Waals surface area contributed by atoms with E-state index < -0.39 is 10.0 Å². The van der Waals surface area contributed by atoms with Crippen molar-refractivity contribution in [3.63, 3.8) is 0 Å². The van der Waals surface area contributed by atoms with E-state index in [1.807, 2.05) is 24.3 Å². The molecule has 1 fully saturated rings. The van der Waals surface area contributed by atoms with Crippen LogP contribution in [0.25, 0.3) is 0 Å². The van der Waals surface area contributed by atoms with Crippen molar-refractivity contribution in [2.24, 2.45) is 0 Å². The molecule has 2 aromatic carbocycles. The number of sulfonamides is 1. The first-order valence-electron chi connectivity index (χ1n) is 9.72. The van der Waals surface area contributed by atoms with Crippen molar-refractivity contribution in [3.8, 4) is 0 Å². The summed E-state index contributed by atoms with van der Waals surface area (Å²) in [5.41, 5.74) is 1.80. The zero-order chi connectivity index (χ0) is 20.7. The van der Waals surface area contributed by atoms with Crippen molar-refractivity contribution in [3.05, 3.63) is 70.2 Å². The largest absolute Gasteiger partial charge is 0.351 e. The highest BCUT2D eigenvalue weighted by molar-refractivity contribution is 9.10. The van der Waals surface area contributed by atoms with E-state index in [1.54, 1.807) is 18.2 Å². The number of hydrogen-bond acceptors (Lipinski definition) is 4. The first-order chi connectivity index (χ1) is 13.9. The van der Waals surface area contributed by atoms with Crippen molar-refractivity contribution in [2.75, 3.05) is 45.0 Å². The van der Waals surface area contributed by atoms with E-state index in [0.29, 0.717) is 18.7 Å². The molecule has 1 N–H and O–H groups in total. The average Bonchev–Trinajstić information content (AvgIpc) is 2.73. The van der Waals surface area contributed by atoms with Gasteiger partial charge in [0.2, 0.25) is 10.0 Å². The molecule has 6 nitrogen and oxygen atoms in total. The van der Waals surface area contributed by atoms with Crippen LogP contribution in [0.2, 0.25) is 0 Å². The number of hydrogen-bond donors (Lipinski definition) is 1. The van der Waals surface area contributed by atoms with Crippen LogP contribution in [0, 0.1) is 0 Å². The van der Waals surface area contributed by atoms with Gasteiger partial charge in [-0.15, -0.1) is 0 Å². The molecule has 1 heterocycles. The van der Waals surface area contributed by atoms with Crippen LogP contribution < -0.4 is 5.32 Å². The Balaban J connectivity index is 1.40. The molecule has 2 aromatic rings. The van der Waals surface area contributed by atoms with Crippen molar-refractivity contribution in [1.29, 1.82) is 0 Å². The maximum atomic E-state index is 12.6. The van der Waals surface area contributed by atoms with Crippen molar-refractivity contribution >= 4 is 31.9 Å². The molecule has 0 aromatic heterocycles. The van der Waals surface area contributed by atoms with E-state index in [1.165, 1.54) is 9.87 Å². The van der Waals surface area contributed by atoms with Gasteiger partial charge >= 0.3 is 0 Å². The quantitative estimate of drug-likeness (QED) is 0.630. The Kier molecular flexibility index (Phi) is 7.83. The molecule has 0 atom stereocenters. The lowest BCUT2D eigenvalue weighted by Gasteiger charge is -2.34. The second-order valence-corrected chi connectivity index (χ2v) is 10.1. The molecule has 29 heavy (non-hydrogen) atoms. The fourth-order valence-corrected chi connectivity index (χ4v) is 5.05. The Morgan fingerprint density at radius 1 is 1.00 bits per heavy atom. The lowest BCUT2D eigenvalue weighted by Crippen LogP contribution is -2.50. The zero-order valence-electron chi connectivity index (χ0n) is 16.3. The van der Waals surface area contributed by atoms with E-state index in [2.05, 4.69) is 38.3 Å². The third-order valence-corrected chi connectivity index (χ3v) is 7.38. The van der Waals surface area contributed by atoms with E-state index in [9.17, 15) is 13.2 Å². The number of amides is 1. The average molecular weight is 480 g/mol. The van der Waals surface area contributed by atoms with E-state index >= 15 is 0 Å². The van der Waals surface area contributed by atoms with Crippen LogP contribution in [0.15, 0.2) is 59.1 Å². The Bertz CT molecular complexity index is 914. The number of carbonyl (C=O) groups is 1. The second kappa shape index (κ2) is 10.3. The summed E-state index contributed by atoms with van der Waals surface area (Å²) in [6.45, 7) is 3.49. The summed E-state index contributed by atoms with van der Waals surface area (Å²) in [6, 6.07) is 17.3. The molecular weight excluding hydrogens is 454 g/mol. The van der Waals surface area contributed by atoms with Gasteiger partial charge in [0.15, 0.2) is 0 Å². The minimum absolute atomic E-state index is 0.0865. The summed E-state index contributed by atoms with van der Waals surface area (Å²) >= 11 is 3.33. The normalized spacial score (nSPS) is 15.9. The Morgan fingerprint density at radius 2 is 1.72 bits per heavy atom. The summed E-state index contributed by atoms with van der Waals surface area (Å²) in [5, 5.41) is 2.69. The number of piperazine rings is 1. The number of benzene rings is 2. The molecule has 1 amide bonds. The molecule has 0 radical (unpaired) electrons. The van der Waals surface area contributed by atoms with Gasteiger partial charge < -0.3 is 10.2 Å². The van der Waals surface area contributed by atoms with Crippen LogP contribution in [0.4, 0.5) is 0 Å². The van der Waals surface area contributed by atoms with Crippen molar-refractivity contribution in [1.82, 2.24) is 14.5 Å². The van der Waals surface area contributed by atoms with E-state index in [4.69, 9.17) is 0 Å². The van der Waals surface area contributed by atoms with Crippen molar-refractivity contribution < 1.29 is 13.2 Å².